The van der Waals surface area contributed by atoms with Crippen molar-refractivity contribution in [3.8, 4) is 0 Å². The van der Waals surface area contributed by atoms with Crippen LogP contribution in [0.4, 0.5) is 5.69 Å². The van der Waals surface area contributed by atoms with Crippen LogP contribution in [0.5, 0.6) is 0 Å². The molecule has 0 spiro atoms. The second kappa shape index (κ2) is 9.71. The van der Waals surface area contributed by atoms with Gasteiger partial charge in [0, 0.05) is 16.6 Å². The monoisotopic (exact) mass is 374 g/mol. The molecule has 2 aromatic rings. The first-order chi connectivity index (χ1) is 12.1. The predicted molar refractivity (Wildman–Crippen MR) is 105 cm³/mol. The molecule has 1 heterocycles. The molecule has 5 nitrogen and oxygen atoms in total. The summed E-state index contributed by atoms with van der Waals surface area (Å²) in [6.45, 7) is 2.33. The highest BCUT2D eigenvalue weighted by Gasteiger charge is 2.07. The Bertz CT molecular complexity index is 753. The zero-order chi connectivity index (χ0) is 18.1. The second-order valence-electron chi connectivity index (χ2n) is 5.01. The summed E-state index contributed by atoms with van der Waals surface area (Å²) < 4.78 is 5.06. The zero-order valence-corrected chi connectivity index (χ0v) is 15.3. The Morgan fingerprint density at radius 1 is 1.24 bits per heavy atom. The van der Waals surface area contributed by atoms with E-state index in [2.05, 4.69) is 10.6 Å². The highest BCUT2D eigenvalue weighted by Crippen LogP contribution is 2.11. The third kappa shape index (κ3) is 6.48. The van der Waals surface area contributed by atoms with Crippen LogP contribution in [0.15, 0.2) is 47.9 Å². The van der Waals surface area contributed by atoms with Gasteiger partial charge in [0.05, 0.1) is 12.2 Å². The molecular formula is C18H18N2O3S2. The average molecular weight is 374 g/mol. The first-order valence-electron chi connectivity index (χ1n) is 7.69. The number of rotatable bonds is 6. The lowest BCUT2D eigenvalue weighted by molar-refractivity contribution is -0.115. The number of amides is 1. The summed E-state index contributed by atoms with van der Waals surface area (Å²) in [6.07, 6.45) is 3.92. The van der Waals surface area contributed by atoms with Gasteiger partial charge in [0.15, 0.2) is 5.11 Å². The van der Waals surface area contributed by atoms with Gasteiger partial charge in [-0.3, -0.25) is 10.1 Å². The molecule has 0 saturated carbocycles. The number of esters is 1. The number of thiocarbonyl (C=S) groups is 1. The standard InChI is InChI=1S/C18H18N2O3S2/c1-2-11-23-17(22)13-5-7-14(8-6-13)19-18(24)20-16(21)10-9-15-4-3-12-25-15/h3-10,12H,2,11H2,1H3,(H2,19,20,21,24)/b10-9+. The lowest BCUT2D eigenvalue weighted by Crippen LogP contribution is -2.32. The lowest BCUT2D eigenvalue weighted by atomic mass is 10.2. The minimum absolute atomic E-state index is 0.183. The quantitative estimate of drug-likeness (QED) is 0.457. The van der Waals surface area contributed by atoms with Crippen LogP contribution in [0.1, 0.15) is 28.6 Å². The third-order valence-corrected chi connectivity index (χ3v) is 4.04. The number of anilines is 1. The highest BCUT2D eigenvalue weighted by molar-refractivity contribution is 7.80. The molecule has 0 radical (unpaired) electrons. The molecule has 0 aliphatic rings. The number of benzene rings is 1. The summed E-state index contributed by atoms with van der Waals surface area (Å²) in [4.78, 5) is 24.5. The molecule has 0 saturated heterocycles. The number of thiophene rings is 1. The fraction of sp³-hybridized carbons (Fsp3) is 0.167. The molecule has 1 amide bonds. The van der Waals surface area contributed by atoms with Gasteiger partial charge in [-0.15, -0.1) is 11.3 Å². The van der Waals surface area contributed by atoms with Crippen molar-refractivity contribution in [1.29, 1.82) is 0 Å². The fourth-order valence-electron chi connectivity index (χ4n) is 1.83. The van der Waals surface area contributed by atoms with E-state index in [0.29, 0.717) is 17.9 Å². The van der Waals surface area contributed by atoms with Crippen molar-refractivity contribution in [1.82, 2.24) is 5.32 Å². The van der Waals surface area contributed by atoms with Crippen molar-refractivity contribution in [2.24, 2.45) is 0 Å². The maximum atomic E-state index is 11.8. The Morgan fingerprint density at radius 3 is 2.64 bits per heavy atom. The van der Waals surface area contributed by atoms with Gasteiger partial charge in [-0.2, -0.15) is 0 Å². The summed E-state index contributed by atoms with van der Waals surface area (Å²) in [5, 5.41) is 7.57. The molecule has 0 atom stereocenters. The summed E-state index contributed by atoms with van der Waals surface area (Å²) in [7, 11) is 0. The molecule has 1 aromatic heterocycles. The number of hydrogen-bond acceptors (Lipinski definition) is 5. The minimum atomic E-state index is -0.358. The summed E-state index contributed by atoms with van der Waals surface area (Å²) in [5.41, 5.74) is 1.13. The van der Waals surface area contributed by atoms with E-state index in [9.17, 15) is 9.59 Å². The van der Waals surface area contributed by atoms with Crippen LogP contribution in [-0.4, -0.2) is 23.6 Å². The molecule has 25 heavy (non-hydrogen) atoms. The largest absolute Gasteiger partial charge is 0.462 e. The number of carbonyl (C=O) groups excluding carboxylic acids is 2. The number of ether oxygens (including phenoxy) is 1. The van der Waals surface area contributed by atoms with Crippen LogP contribution in [0.3, 0.4) is 0 Å². The van der Waals surface area contributed by atoms with Crippen molar-refractivity contribution in [2.75, 3.05) is 11.9 Å². The van der Waals surface area contributed by atoms with Crippen molar-refractivity contribution in [2.45, 2.75) is 13.3 Å². The van der Waals surface area contributed by atoms with Gasteiger partial charge in [-0.25, -0.2) is 4.79 Å². The molecule has 0 aliphatic heterocycles. The molecule has 0 fully saturated rings. The van der Waals surface area contributed by atoms with Gasteiger partial charge in [0.1, 0.15) is 0 Å². The van der Waals surface area contributed by atoms with Crippen LogP contribution in [-0.2, 0) is 9.53 Å². The Labute approximate surface area is 155 Å². The van der Waals surface area contributed by atoms with Gasteiger partial charge in [-0.05, 0) is 60.4 Å². The van der Waals surface area contributed by atoms with Crippen molar-refractivity contribution < 1.29 is 14.3 Å². The van der Waals surface area contributed by atoms with E-state index in [4.69, 9.17) is 17.0 Å². The van der Waals surface area contributed by atoms with Crippen molar-refractivity contribution in [3.63, 3.8) is 0 Å². The molecule has 0 aliphatic carbocycles. The van der Waals surface area contributed by atoms with Gasteiger partial charge in [0.25, 0.3) is 0 Å². The van der Waals surface area contributed by atoms with E-state index < -0.39 is 0 Å². The van der Waals surface area contributed by atoms with Crippen molar-refractivity contribution >= 4 is 52.3 Å². The first kappa shape index (κ1) is 18.8. The smallest absolute Gasteiger partial charge is 0.338 e. The molecule has 0 bridgehead atoms. The van der Waals surface area contributed by atoms with E-state index in [1.54, 1.807) is 41.7 Å². The Kier molecular flexibility index (Phi) is 7.31. The van der Waals surface area contributed by atoms with E-state index in [0.717, 1.165) is 11.3 Å². The average Bonchev–Trinajstić information content (AvgIpc) is 3.12. The Balaban J connectivity index is 1.83. The maximum Gasteiger partial charge on any atom is 0.338 e. The van der Waals surface area contributed by atoms with Crippen molar-refractivity contribution in [3.05, 3.63) is 58.3 Å². The van der Waals surface area contributed by atoms with E-state index in [1.807, 2.05) is 24.4 Å². The maximum absolute atomic E-state index is 11.8. The number of hydrogen-bond donors (Lipinski definition) is 2. The third-order valence-electron chi connectivity index (χ3n) is 2.99. The summed E-state index contributed by atoms with van der Waals surface area (Å²) in [6, 6.07) is 10.5. The topological polar surface area (TPSA) is 67.4 Å². The van der Waals surface area contributed by atoms with E-state index in [-0.39, 0.29) is 17.0 Å². The molecule has 7 heteroatoms. The van der Waals surface area contributed by atoms with E-state index >= 15 is 0 Å². The fourth-order valence-corrected chi connectivity index (χ4v) is 2.66. The van der Waals surface area contributed by atoms with Gasteiger partial charge < -0.3 is 10.1 Å². The van der Waals surface area contributed by atoms with E-state index in [1.165, 1.54) is 6.08 Å². The number of nitrogens with one attached hydrogen (secondary N) is 2. The van der Waals surface area contributed by atoms with Crippen LogP contribution < -0.4 is 10.6 Å². The van der Waals surface area contributed by atoms with Gasteiger partial charge >= 0.3 is 5.97 Å². The molecule has 1 aromatic carbocycles. The first-order valence-corrected chi connectivity index (χ1v) is 8.98. The van der Waals surface area contributed by atoms with Crippen LogP contribution in [0, 0.1) is 0 Å². The molecule has 2 N–H and O–H groups in total. The number of carbonyl (C=O) groups is 2. The Morgan fingerprint density at radius 2 is 2.00 bits per heavy atom. The predicted octanol–water partition coefficient (Wildman–Crippen LogP) is 3.84. The normalized spacial score (nSPS) is 10.4. The van der Waals surface area contributed by atoms with Gasteiger partial charge in [-0.1, -0.05) is 13.0 Å². The summed E-state index contributed by atoms with van der Waals surface area (Å²) >= 11 is 6.64. The zero-order valence-electron chi connectivity index (χ0n) is 13.7. The van der Waals surface area contributed by atoms with Crippen LogP contribution in [0.2, 0.25) is 0 Å². The summed E-state index contributed by atoms with van der Waals surface area (Å²) in [5.74, 6) is -0.673. The SMILES string of the molecule is CCCOC(=O)c1ccc(NC(=S)NC(=O)/C=C/c2cccs2)cc1. The molecule has 0 unspecified atom stereocenters. The second-order valence-corrected chi connectivity index (χ2v) is 6.39. The highest BCUT2D eigenvalue weighted by atomic mass is 32.1. The molecule has 2 rings (SSSR count). The Hall–Kier alpha value is -2.51. The van der Waals surface area contributed by atoms with Gasteiger partial charge in [0.2, 0.25) is 5.91 Å². The van der Waals surface area contributed by atoms with Crippen LogP contribution in [0.25, 0.3) is 6.08 Å². The lowest BCUT2D eigenvalue weighted by Gasteiger charge is -2.09. The minimum Gasteiger partial charge on any atom is -0.462 e. The molecule has 130 valence electrons. The molecular weight excluding hydrogens is 356 g/mol. The van der Waals surface area contributed by atoms with Crippen LogP contribution >= 0.6 is 23.6 Å².